The van der Waals surface area contributed by atoms with Crippen LogP contribution < -0.4 is 4.90 Å². The Kier molecular flexibility index (Phi) is 4.75. The summed E-state index contributed by atoms with van der Waals surface area (Å²) in [4.78, 5) is 6.16. The molecule has 6 nitrogen and oxygen atoms in total. The van der Waals surface area contributed by atoms with Gasteiger partial charge >= 0.3 is 0 Å². The maximum Gasteiger partial charge on any atom is 0.266 e. The zero-order chi connectivity index (χ0) is 19.6. The second-order valence-corrected chi connectivity index (χ2v) is 8.13. The van der Waals surface area contributed by atoms with Gasteiger partial charge in [0.15, 0.2) is 5.76 Å². The molecule has 0 radical (unpaired) electrons. The molecule has 0 aliphatic heterocycles. The third-order valence-corrected chi connectivity index (χ3v) is 5.90. The second-order valence-electron chi connectivity index (χ2n) is 6.26. The van der Waals surface area contributed by atoms with Crippen LogP contribution in [0.25, 0.3) is 11.7 Å². The lowest BCUT2D eigenvalue weighted by molar-refractivity contribution is 0.512. The third kappa shape index (κ3) is 3.44. The van der Waals surface area contributed by atoms with Gasteiger partial charge in [-0.25, -0.2) is 8.42 Å². The van der Waals surface area contributed by atoms with Crippen LogP contribution in [0.4, 0.5) is 5.88 Å². The summed E-state index contributed by atoms with van der Waals surface area (Å²) in [5.74, 6) is 0.650. The van der Waals surface area contributed by atoms with E-state index in [2.05, 4.69) is 4.98 Å². The number of sulfone groups is 1. The Morgan fingerprint density at radius 1 is 0.929 bits per heavy atom. The smallest absolute Gasteiger partial charge is 0.266 e. The van der Waals surface area contributed by atoms with Gasteiger partial charge in [-0.2, -0.15) is 4.98 Å². The Bertz CT molecular complexity index is 1150. The van der Waals surface area contributed by atoms with Crippen molar-refractivity contribution in [2.24, 2.45) is 0 Å². The molecule has 0 N–H and O–H groups in total. The molecule has 0 fully saturated rings. The highest BCUT2D eigenvalue weighted by Gasteiger charge is 2.30. The molecule has 0 saturated carbocycles. The van der Waals surface area contributed by atoms with Crippen molar-refractivity contribution in [2.45, 2.75) is 16.5 Å². The Hall–Kier alpha value is -3.32. The Balaban J connectivity index is 1.80. The molecule has 0 bridgehead atoms. The van der Waals surface area contributed by atoms with Crippen LogP contribution in [0, 0.1) is 0 Å². The molecular weight excluding hydrogens is 376 g/mol. The Morgan fingerprint density at radius 2 is 1.61 bits per heavy atom. The van der Waals surface area contributed by atoms with Gasteiger partial charge in [-0.3, -0.25) is 0 Å². The molecule has 0 spiro atoms. The van der Waals surface area contributed by atoms with Crippen molar-refractivity contribution in [1.29, 1.82) is 0 Å². The molecule has 4 aromatic rings. The van der Waals surface area contributed by atoms with Gasteiger partial charge < -0.3 is 13.7 Å². The molecule has 28 heavy (non-hydrogen) atoms. The fourth-order valence-electron chi connectivity index (χ4n) is 2.86. The normalized spacial score (nSPS) is 11.5. The van der Waals surface area contributed by atoms with Crippen molar-refractivity contribution < 1.29 is 17.3 Å². The largest absolute Gasteiger partial charge is 0.459 e. The van der Waals surface area contributed by atoms with E-state index in [1.54, 1.807) is 42.3 Å². The lowest BCUT2D eigenvalue weighted by Gasteiger charge is -2.17. The Morgan fingerprint density at radius 3 is 2.25 bits per heavy atom. The van der Waals surface area contributed by atoms with E-state index in [-0.39, 0.29) is 21.7 Å². The van der Waals surface area contributed by atoms with Crippen LogP contribution in [0.15, 0.2) is 97.8 Å². The van der Waals surface area contributed by atoms with Crippen molar-refractivity contribution in [3.05, 3.63) is 84.6 Å². The van der Waals surface area contributed by atoms with E-state index in [9.17, 15) is 8.42 Å². The molecule has 0 aliphatic rings. The van der Waals surface area contributed by atoms with Gasteiger partial charge in [-0.1, -0.05) is 48.5 Å². The fourth-order valence-corrected chi connectivity index (χ4v) is 4.23. The summed E-state index contributed by atoms with van der Waals surface area (Å²) in [6, 6.07) is 21.3. The third-order valence-electron chi connectivity index (χ3n) is 4.23. The first-order valence-corrected chi connectivity index (χ1v) is 10.1. The van der Waals surface area contributed by atoms with Gasteiger partial charge in [0.2, 0.25) is 20.7 Å². The zero-order valence-corrected chi connectivity index (χ0v) is 16.0. The fraction of sp³-hybridized carbons (Fsp3) is 0.0952. The molecule has 0 amide bonds. The van der Waals surface area contributed by atoms with Crippen molar-refractivity contribution in [1.82, 2.24) is 4.98 Å². The summed E-state index contributed by atoms with van der Waals surface area (Å²) in [6.07, 6.45) is 1.48. The molecule has 0 unspecified atom stereocenters. The topological polar surface area (TPSA) is 76.6 Å². The van der Waals surface area contributed by atoms with Crippen LogP contribution in [-0.4, -0.2) is 20.4 Å². The minimum absolute atomic E-state index is 0.120. The minimum atomic E-state index is -3.87. The van der Waals surface area contributed by atoms with E-state index in [1.165, 1.54) is 18.4 Å². The predicted molar refractivity (Wildman–Crippen MR) is 105 cm³/mol. The molecule has 2 aromatic carbocycles. The summed E-state index contributed by atoms with van der Waals surface area (Å²) in [5.41, 5.74) is 1.02. The highest BCUT2D eigenvalue weighted by Crippen LogP contribution is 2.34. The highest BCUT2D eigenvalue weighted by atomic mass is 32.2. The molecule has 7 heteroatoms. The number of oxazole rings is 1. The van der Waals surface area contributed by atoms with Crippen LogP contribution in [-0.2, 0) is 16.4 Å². The molecular formula is C21H18N2O4S. The van der Waals surface area contributed by atoms with E-state index in [1.807, 2.05) is 30.3 Å². The van der Waals surface area contributed by atoms with Crippen molar-refractivity contribution in [3.8, 4) is 11.7 Å². The van der Waals surface area contributed by atoms with Crippen molar-refractivity contribution >= 4 is 15.7 Å². The number of anilines is 1. The number of hydrogen-bond acceptors (Lipinski definition) is 6. The molecule has 0 atom stereocenters. The van der Waals surface area contributed by atoms with Gasteiger partial charge in [0.05, 0.1) is 11.2 Å². The number of benzene rings is 2. The van der Waals surface area contributed by atoms with E-state index < -0.39 is 9.84 Å². The van der Waals surface area contributed by atoms with Crippen LogP contribution in [0.1, 0.15) is 5.56 Å². The highest BCUT2D eigenvalue weighted by molar-refractivity contribution is 7.91. The lowest BCUT2D eigenvalue weighted by Crippen LogP contribution is -2.18. The average Bonchev–Trinajstić information content (AvgIpc) is 3.39. The maximum atomic E-state index is 13.2. The average molecular weight is 394 g/mol. The summed E-state index contributed by atoms with van der Waals surface area (Å²) in [7, 11) is -2.10. The summed E-state index contributed by atoms with van der Waals surface area (Å²) >= 11 is 0. The Labute approximate surface area is 163 Å². The molecule has 4 rings (SSSR count). The first-order valence-electron chi connectivity index (χ1n) is 8.65. The van der Waals surface area contributed by atoms with E-state index in [4.69, 9.17) is 8.83 Å². The second kappa shape index (κ2) is 7.36. The maximum absolute atomic E-state index is 13.2. The van der Waals surface area contributed by atoms with Gasteiger partial charge in [-0.05, 0) is 29.8 Å². The number of rotatable bonds is 6. The monoisotopic (exact) mass is 394 g/mol. The first kappa shape index (κ1) is 18.1. The molecule has 142 valence electrons. The number of nitrogens with zero attached hydrogens (tertiary/aromatic N) is 2. The summed E-state index contributed by atoms with van der Waals surface area (Å²) < 4.78 is 37.6. The number of aromatic nitrogens is 1. The molecule has 0 saturated heterocycles. The first-order chi connectivity index (χ1) is 13.6. The number of furan rings is 1. The van der Waals surface area contributed by atoms with Gasteiger partial charge in [0.1, 0.15) is 0 Å². The van der Waals surface area contributed by atoms with E-state index >= 15 is 0 Å². The van der Waals surface area contributed by atoms with Crippen LogP contribution in [0.5, 0.6) is 0 Å². The SMILES string of the molecule is CN(Cc1ccccc1)c1oc(-c2ccco2)nc1S(=O)(=O)c1ccccc1. The van der Waals surface area contributed by atoms with Crippen LogP contribution >= 0.6 is 0 Å². The molecule has 2 heterocycles. The van der Waals surface area contributed by atoms with Crippen molar-refractivity contribution in [2.75, 3.05) is 11.9 Å². The standard InChI is InChI=1S/C21H18N2O4S/c1-23(15-16-9-4-2-5-10-16)21-20(22-19(27-21)18-13-8-14-26-18)28(24,25)17-11-6-3-7-12-17/h2-14H,15H2,1H3. The van der Waals surface area contributed by atoms with Gasteiger partial charge in [0, 0.05) is 13.6 Å². The zero-order valence-electron chi connectivity index (χ0n) is 15.1. The van der Waals surface area contributed by atoms with E-state index in [0.29, 0.717) is 12.3 Å². The quantitative estimate of drug-likeness (QED) is 0.482. The van der Waals surface area contributed by atoms with Crippen molar-refractivity contribution in [3.63, 3.8) is 0 Å². The summed E-state index contributed by atoms with van der Waals surface area (Å²) in [5, 5.41) is -0.136. The van der Waals surface area contributed by atoms with Crippen LogP contribution in [0.3, 0.4) is 0 Å². The lowest BCUT2D eigenvalue weighted by atomic mass is 10.2. The number of hydrogen-bond donors (Lipinski definition) is 0. The summed E-state index contributed by atoms with van der Waals surface area (Å²) in [6.45, 7) is 0.463. The van der Waals surface area contributed by atoms with E-state index in [0.717, 1.165) is 5.56 Å². The predicted octanol–water partition coefficient (Wildman–Crippen LogP) is 4.40. The van der Waals surface area contributed by atoms with Gasteiger partial charge in [-0.15, -0.1) is 0 Å². The molecule has 2 aromatic heterocycles. The van der Waals surface area contributed by atoms with Crippen LogP contribution in [0.2, 0.25) is 0 Å². The minimum Gasteiger partial charge on any atom is -0.459 e. The van der Waals surface area contributed by atoms with Gasteiger partial charge in [0.25, 0.3) is 5.89 Å². The molecule has 0 aliphatic carbocycles.